The number of furan rings is 1. The van der Waals surface area contributed by atoms with Crippen LogP contribution >= 0.6 is 24.0 Å². The van der Waals surface area contributed by atoms with E-state index in [1.54, 1.807) is 25.3 Å². The molecular formula is C22H33IN4O2. The zero-order valence-corrected chi connectivity index (χ0v) is 19.6. The van der Waals surface area contributed by atoms with Crippen LogP contribution in [-0.2, 0) is 12.1 Å². The fraction of sp³-hybridized carbons (Fsp3) is 0.500. The Balaban J connectivity index is 0.00000300. The summed E-state index contributed by atoms with van der Waals surface area (Å²) in [6.07, 6.45) is 3.97. The minimum absolute atomic E-state index is 0. The second-order valence-electron chi connectivity index (χ2n) is 7.58. The van der Waals surface area contributed by atoms with Gasteiger partial charge in [0.1, 0.15) is 11.4 Å². The van der Waals surface area contributed by atoms with E-state index in [1.165, 1.54) is 18.4 Å². The maximum Gasteiger partial charge on any atom is 0.191 e. The molecule has 3 N–H and O–H groups in total. The van der Waals surface area contributed by atoms with Crippen molar-refractivity contribution in [3.63, 3.8) is 0 Å². The molecule has 0 amide bonds. The summed E-state index contributed by atoms with van der Waals surface area (Å²) in [5.74, 6) is 1.25. The molecule has 1 fully saturated rings. The third-order valence-electron chi connectivity index (χ3n) is 5.17. The van der Waals surface area contributed by atoms with Gasteiger partial charge in [0.25, 0.3) is 0 Å². The molecule has 1 aromatic heterocycles. The molecule has 1 saturated heterocycles. The molecule has 2 heterocycles. The van der Waals surface area contributed by atoms with Crippen molar-refractivity contribution in [2.75, 3.05) is 26.2 Å². The summed E-state index contributed by atoms with van der Waals surface area (Å²) in [5.41, 5.74) is 0.225. The molecule has 0 saturated carbocycles. The van der Waals surface area contributed by atoms with Crippen molar-refractivity contribution in [1.82, 2.24) is 15.5 Å². The summed E-state index contributed by atoms with van der Waals surface area (Å²) in [7, 11) is 0. The number of likely N-dealkylation sites (tertiary alicyclic amines) is 1. The Bertz CT molecular complexity index is 735. The largest absolute Gasteiger partial charge is 0.466 e. The van der Waals surface area contributed by atoms with Crippen molar-refractivity contribution in [2.45, 2.75) is 44.9 Å². The smallest absolute Gasteiger partial charge is 0.191 e. The highest BCUT2D eigenvalue weighted by molar-refractivity contribution is 14.0. The van der Waals surface area contributed by atoms with E-state index in [0.29, 0.717) is 11.8 Å². The number of hydrogen-bond donors (Lipinski definition) is 3. The predicted octanol–water partition coefficient (Wildman–Crippen LogP) is 3.32. The zero-order chi connectivity index (χ0) is 19.8. The Kier molecular flexibility index (Phi) is 9.45. The van der Waals surface area contributed by atoms with E-state index in [2.05, 4.69) is 50.9 Å². The molecule has 1 aromatic carbocycles. The van der Waals surface area contributed by atoms with Crippen LogP contribution in [-0.4, -0.2) is 48.2 Å². The van der Waals surface area contributed by atoms with Gasteiger partial charge in [0.15, 0.2) is 5.96 Å². The lowest BCUT2D eigenvalue weighted by molar-refractivity contribution is 0.0437. The van der Waals surface area contributed by atoms with Gasteiger partial charge in [-0.15, -0.1) is 24.0 Å². The Morgan fingerprint density at radius 2 is 2.03 bits per heavy atom. The molecule has 2 aromatic rings. The standard InChI is InChI=1S/C22H32N4O2.HI/c1-3-23-21(25-17-22(2,27)20-12-8-14-28-20)24-15-19-11-7-13-26(19)16-18-9-5-4-6-10-18;/h4-6,8-10,12,14,19,27H,3,7,11,13,15-17H2,1-2H3,(H2,23,24,25);1H. The first-order chi connectivity index (χ1) is 13.6. The van der Waals surface area contributed by atoms with Gasteiger partial charge in [-0.1, -0.05) is 30.3 Å². The van der Waals surface area contributed by atoms with Gasteiger partial charge in [-0.05, 0) is 50.9 Å². The summed E-state index contributed by atoms with van der Waals surface area (Å²) >= 11 is 0. The van der Waals surface area contributed by atoms with Gasteiger partial charge in [0.05, 0.1) is 12.8 Å². The monoisotopic (exact) mass is 512 g/mol. The van der Waals surface area contributed by atoms with Gasteiger partial charge in [-0.2, -0.15) is 0 Å². The average Bonchev–Trinajstić information content (AvgIpc) is 3.38. The van der Waals surface area contributed by atoms with Crippen molar-refractivity contribution in [2.24, 2.45) is 4.99 Å². The lowest BCUT2D eigenvalue weighted by atomic mass is 10.0. The van der Waals surface area contributed by atoms with Crippen LogP contribution in [0.3, 0.4) is 0 Å². The molecule has 2 unspecified atom stereocenters. The number of nitrogens with zero attached hydrogens (tertiary/aromatic N) is 2. The Morgan fingerprint density at radius 1 is 1.24 bits per heavy atom. The fourth-order valence-electron chi connectivity index (χ4n) is 3.60. The maximum absolute atomic E-state index is 10.6. The van der Waals surface area contributed by atoms with Crippen molar-refractivity contribution < 1.29 is 9.52 Å². The third kappa shape index (κ3) is 7.01. The van der Waals surface area contributed by atoms with E-state index in [4.69, 9.17) is 4.42 Å². The van der Waals surface area contributed by atoms with E-state index >= 15 is 0 Å². The van der Waals surface area contributed by atoms with Crippen molar-refractivity contribution >= 4 is 29.9 Å². The van der Waals surface area contributed by atoms with Crippen LogP contribution in [0.5, 0.6) is 0 Å². The molecule has 0 spiro atoms. The third-order valence-corrected chi connectivity index (χ3v) is 5.17. The summed E-state index contributed by atoms with van der Waals surface area (Å²) in [6, 6.07) is 14.7. The second-order valence-corrected chi connectivity index (χ2v) is 7.58. The van der Waals surface area contributed by atoms with E-state index in [1.807, 2.05) is 6.92 Å². The molecule has 3 rings (SSSR count). The predicted molar refractivity (Wildman–Crippen MR) is 128 cm³/mol. The Morgan fingerprint density at radius 3 is 2.72 bits per heavy atom. The van der Waals surface area contributed by atoms with Crippen LogP contribution in [0.4, 0.5) is 0 Å². The van der Waals surface area contributed by atoms with Gasteiger partial charge >= 0.3 is 0 Å². The lowest BCUT2D eigenvalue weighted by Gasteiger charge is -2.26. The zero-order valence-electron chi connectivity index (χ0n) is 17.3. The minimum atomic E-state index is -1.13. The Labute approximate surface area is 190 Å². The molecule has 6 nitrogen and oxygen atoms in total. The van der Waals surface area contributed by atoms with Crippen molar-refractivity contribution in [3.8, 4) is 0 Å². The highest BCUT2D eigenvalue weighted by atomic mass is 127. The molecular weight excluding hydrogens is 479 g/mol. The molecule has 0 aliphatic carbocycles. The SMILES string of the molecule is CCNC(=NCC(C)(O)c1ccco1)NCC1CCCN1Cc1ccccc1.I. The van der Waals surface area contributed by atoms with Gasteiger partial charge in [-0.25, -0.2) is 4.99 Å². The number of halogens is 1. The second kappa shape index (κ2) is 11.6. The molecule has 2 atom stereocenters. The van der Waals surface area contributed by atoms with E-state index < -0.39 is 5.60 Å². The first-order valence-electron chi connectivity index (χ1n) is 10.1. The van der Waals surface area contributed by atoms with E-state index in [-0.39, 0.29) is 30.5 Å². The molecule has 1 aliphatic rings. The number of aliphatic hydroxyl groups is 1. The van der Waals surface area contributed by atoms with Crippen LogP contribution < -0.4 is 10.6 Å². The summed E-state index contributed by atoms with van der Waals surface area (Å²) in [4.78, 5) is 7.11. The highest BCUT2D eigenvalue weighted by Crippen LogP contribution is 2.21. The molecule has 29 heavy (non-hydrogen) atoms. The molecule has 0 radical (unpaired) electrons. The number of guanidine groups is 1. The molecule has 1 aliphatic heterocycles. The van der Waals surface area contributed by atoms with Crippen LogP contribution in [0, 0.1) is 0 Å². The highest BCUT2D eigenvalue weighted by Gasteiger charge is 2.27. The summed E-state index contributed by atoms with van der Waals surface area (Å²) < 4.78 is 5.34. The number of benzene rings is 1. The normalized spacial score (nSPS) is 19.4. The quantitative estimate of drug-likeness (QED) is 0.288. The van der Waals surface area contributed by atoms with Crippen LogP contribution in [0.15, 0.2) is 58.1 Å². The van der Waals surface area contributed by atoms with Crippen LogP contribution in [0.25, 0.3) is 0 Å². The van der Waals surface area contributed by atoms with Gasteiger partial charge in [0, 0.05) is 25.7 Å². The lowest BCUT2D eigenvalue weighted by Crippen LogP contribution is -2.45. The summed E-state index contributed by atoms with van der Waals surface area (Å²) in [6.45, 7) is 7.70. The fourth-order valence-corrected chi connectivity index (χ4v) is 3.60. The van der Waals surface area contributed by atoms with Crippen molar-refractivity contribution in [1.29, 1.82) is 0 Å². The van der Waals surface area contributed by atoms with Crippen LogP contribution in [0.1, 0.15) is 38.0 Å². The number of rotatable bonds is 8. The van der Waals surface area contributed by atoms with Gasteiger partial charge < -0.3 is 20.2 Å². The number of hydrogen-bond acceptors (Lipinski definition) is 4. The van der Waals surface area contributed by atoms with Crippen LogP contribution in [0.2, 0.25) is 0 Å². The van der Waals surface area contributed by atoms with Crippen molar-refractivity contribution in [3.05, 3.63) is 60.1 Å². The maximum atomic E-state index is 10.6. The number of nitrogens with one attached hydrogen (secondary N) is 2. The molecule has 0 bridgehead atoms. The summed E-state index contributed by atoms with van der Waals surface area (Å²) in [5, 5.41) is 17.3. The van der Waals surface area contributed by atoms with E-state index in [9.17, 15) is 5.11 Å². The van der Waals surface area contributed by atoms with Gasteiger partial charge in [-0.3, -0.25) is 4.90 Å². The number of aliphatic imine (C=N–C) groups is 1. The topological polar surface area (TPSA) is 73.0 Å². The molecule has 160 valence electrons. The minimum Gasteiger partial charge on any atom is -0.466 e. The first-order valence-corrected chi connectivity index (χ1v) is 10.1. The van der Waals surface area contributed by atoms with E-state index in [0.717, 1.165) is 32.1 Å². The Hall–Kier alpha value is -1.58. The first kappa shape index (κ1) is 23.7. The average molecular weight is 512 g/mol. The van der Waals surface area contributed by atoms with Gasteiger partial charge in [0.2, 0.25) is 0 Å². The molecule has 7 heteroatoms.